The molecule has 1 aromatic heterocycles. The minimum atomic E-state index is -1.07. The molecule has 0 unspecified atom stereocenters. The summed E-state index contributed by atoms with van der Waals surface area (Å²) in [6, 6.07) is 19.1. The van der Waals surface area contributed by atoms with Gasteiger partial charge in [-0.05, 0) is 24.3 Å². The van der Waals surface area contributed by atoms with Crippen molar-refractivity contribution in [3.63, 3.8) is 0 Å². The molecule has 4 heteroatoms. The van der Waals surface area contributed by atoms with Crippen LogP contribution < -0.4 is 5.32 Å². The number of hydrogen-bond acceptors (Lipinski definition) is 2. The number of hydrogen-bond donors (Lipinski definition) is 2. The second-order valence-electron chi connectivity index (χ2n) is 4.40. The van der Waals surface area contributed by atoms with Crippen LogP contribution in [-0.4, -0.2) is 16.2 Å². The molecule has 0 radical (unpaired) electrons. The maximum atomic E-state index is 10.5. The lowest BCUT2D eigenvalue weighted by Gasteiger charge is -2.05. The van der Waals surface area contributed by atoms with E-state index in [9.17, 15) is 4.79 Å². The number of para-hydroxylation sites is 1. The van der Waals surface area contributed by atoms with Crippen LogP contribution in [0.3, 0.4) is 0 Å². The van der Waals surface area contributed by atoms with Gasteiger partial charge in [-0.3, -0.25) is 5.32 Å². The summed E-state index contributed by atoms with van der Waals surface area (Å²) in [5, 5.41) is 12.1. The number of nitrogens with one attached hydrogen (secondary N) is 1. The quantitative estimate of drug-likeness (QED) is 0.735. The van der Waals surface area contributed by atoms with E-state index in [2.05, 4.69) is 10.3 Å². The Balaban J connectivity index is 1.96. The first-order valence-corrected chi connectivity index (χ1v) is 6.18. The second-order valence-corrected chi connectivity index (χ2v) is 4.40. The zero-order valence-corrected chi connectivity index (χ0v) is 10.6. The molecule has 0 aliphatic rings. The van der Waals surface area contributed by atoms with Crippen molar-refractivity contribution >= 4 is 22.7 Å². The van der Waals surface area contributed by atoms with Gasteiger partial charge < -0.3 is 5.11 Å². The fourth-order valence-electron chi connectivity index (χ4n) is 2.07. The van der Waals surface area contributed by atoms with Crippen molar-refractivity contribution in [2.75, 3.05) is 5.32 Å². The molecule has 3 aromatic rings. The van der Waals surface area contributed by atoms with E-state index in [1.807, 2.05) is 48.5 Å². The van der Waals surface area contributed by atoms with Crippen molar-refractivity contribution in [3.8, 4) is 11.3 Å². The Morgan fingerprint density at radius 1 is 0.950 bits per heavy atom. The van der Waals surface area contributed by atoms with Crippen molar-refractivity contribution in [2.24, 2.45) is 0 Å². The van der Waals surface area contributed by atoms with Crippen molar-refractivity contribution in [1.29, 1.82) is 0 Å². The Bertz CT molecular complexity index is 767. The van der Waals surface area contributed by atoms with Crippen LogP contribution in [0.5, 0.6) is 0 Å². The van der Waals surface area contributed by atoms with Crippen molar-refractivity contribution in [3.05, 3.63) is 60.7 Å². The summed E-state index contributed by atoms with van der Waals surface area (Å²) in [6.45, 7) is 0. The minimum Gasteiger partial charge on any atom is -0.465 e. The number of aromatic nitrogens is 1. The monoisotopic (exact) mass is 264 g/mol. The molecule has 0 saturated heterocycles. The lowest BCUT2D eigenvalue weighted by atomic mass is 10.1. The van der Waals surface area contributed by atoms with Gasteiger partial charge >= 0.3 is 6.09 Å². The van der Waals surface area contributed by atoms with Crippen LogP contribution in [-0.2, 0) is 0 Å². The van der Waals surface area contributed by atoms with E-state index in [-0.39, 0.29) is 0 Å². The van der Waals surface area contributed by atoms with Gasteiger partial charge in [-0.2, -0.15) is 0 Å². The third-order valence-electron chi connectivity index (χ3n) is 3.03. The highest BCUT2D eigenvalue weighted by atomic mass is 16.4. The first-order valence-electron chi connectivity index (χ1n) is 6.18. The molecule has 1 heterocycles. The molecule has 0 bridgehead atoms. The highest BCUT2D eigenvalue weighted by Gasteiger charge is 2.02. The summed E-state index contributed by atoms with van der Waals surface area (Å²) in [6.07, 6.45) is -1.07. The van der Waals surface area contributed by atoms with Crippen LogP contribution in [0, 0.1) is 0 Å². The van der Waals surface area contributed by atoms with Gasteiger partial charge in [0.15, 0.2) is 0 Å². The van der Waals surface area contributed by atoms with E-state index in [4.69, 9.17) is 5.11 Å². The summed E-state index contributed by atoms with van der Waals surface area (Å²) in [5.41, 5.74) is 3.30. The molecule has 20 heavy (non-hydrogen) atoms. The lowest BCUT2D eigenvalue weighted by Crippen LogP contribution is -2.06. The van der Waals surface area contributed by atoms with Gasteiger partial charge in [-0.25, -0.2) is 9.78 Å². The Hall–Kier alpha value is -2.88. The molecular weight excluding hydrogens is 252 g/mol. The average molecular weight is 264 g/mol. The van der Waals surface area contributed by atoms with Gasteiger partial charge in [0.05, 0.1) is 11.2 Å². The molecule has 0 atom stereocenters. The molecule has 0 aliphatic carbocycles. The maximum absolute atomic E-state index is 10.5. The van der Waals surface area contributed by atoms with E-state index >= 15 is 0 Å². The number of benzene rings is 2. The number of anilines is 1. The summed E-state index contributed by atoms with van der Waals surface area (Å²) >= 11 is 0. The fourth-order valence-corrected chi connectivity index (χ4v) is 2.07. The molecule has 4 nitrogen and oxygen atoms in total. The molecule has 0 aliphatic heterocycles. The number of pyridine rings is 1. The van der Waals surface area contributed by atoms with Crippen LogP contribution >= 0.6 is 0 Å². The molecular formula is C16H12N2O2. The smallest absolute Gasteiger partial charge is 0.409 e. The largest absolute Gasteiger partial charge is 0.465 e. The first kappa shape index (κ1) is 12.2. The van der Waals surface area contributed by atoms with Crippen LogP contribution in [0.1, 0.15) is 0 Å². The van der Waals surface area contributed by atoms with Gasteiger partial charge in [0.1, 0.15) is 0 Å². The second kappa shape index (κ2) is 5.01. The molecule has 2 N–H and O–H groups in total. The number of rotatable bonds is 2. The lowest BCUT2D eigenvalue weighted by molar-refractivity contribution is 0.210. The van der Waals surface area contributed by atoms with E-state index < -0.39 is 6.09 Å². The van der Waals surface area contributed by atoms with Crippen LogP contribution in [0.15, 0.2) is 60.7 Å². The Kier molecular flexibility index (Phi) is 3.05. The van der Waals surface area contributed by atoms with E-state index in [1.54, 1.807) is 12.1 Å². The number of amides is 1. The van der Waals surface area contributed by atoms with Crippen LogP contribution in [0.4, 0.5) is 10.5 Å². The van der Waals surface area contributed by atoms with Gasteiger partial charge in [-0.15, -0.1) is 0 Å². The van der Waals surface area contributed by atoms with Crippen LogP contribution in [0.25, 0.3) is 22.2 Å². The van der Waals surface area contributed by atoms with Crippen molar-refractivity contribution in [2.45, 2.75) is 0 Å². The molecule has 3 rings (SSSR count). The summed E-state index contributed by atoms with van der Waals surface area (Å²) < 4.78 is 0. The zero-order valence-electron chi connectivity index (χ0n) is 10.6. The maximum Gasteiger partial charge on any atom is 0.409 e. The van der Waals surface area contributed by atoms with E-state index in [1.165, 1.54) is 0 Å². The Morgan fingerprint density at radius 2 is 1.70 bits per heavy atom. The standard InChI is InChI=1S/C16H12N2O2/c19-16(20)17-13-8-5-12(6-9-13)15-10-7-11-3-1-2-4-14(11)18-15/h1-10,17H,(H,19,20). The summed E-state index contributed by atoms with van der Waals surface area (Å²) in [4.78, 5) is 15.1. The number of carboxylic acid groups (broad SMARTS) is 1. The van der Waals surface area contributed by atoms with E-state index in [0.717, 1.165) is 22.2 Å². The Morgan fingerprint density at radius 3 is 2.45 bits per heavy atom. The molecule has 1 amide bonds. The van der Waals surface area contributed by atoms with Gasteiger partial charge in [-0.1, -0.05) is 36.4 Å². The Labute approximate surface area is 115 Å². The zero-order chi connectivity index (χ0) is 13.9. The van der Waals surface area contributed by atoms with Gasteiger partial charge in [0.2, 0.25) is 0 Å². The number of fused-ring (bicyclic) bond motifs is 1. The predicted octanol–water partition coefficient (Wildman–Crippen LogP) is 3.99. The van der Waals surface area contributed by atoms with Gasteiger partial charge in [0, 0.05) is 16.6 Å². The topological polar surface area (TPSA) is 62.2 Å². The predicted molar refractivity (Wildman–Crippen MR) is 78.8 cm³/mol. The van der Waals surface area contributed by atoms with E-state index in [0.29, 0.717) is 5.69 Å². The summed E-state index contributed by atoms with van der Waals surface area (Å²) in [7, 11) is 0. The highest BCUT2D eigenvalue weighted by molar-refractivity contribution is 5.84. The van der Waals surface area contributed by atoms with Gasteiger partial charge in [0.25, 0.3) is 0 Å². The molecule has 0 saturated carbocycles. The molecule has 0 fully saturated rings. The first-order chi connectivity index (χ1) is 9.72. The van der Waals surface area contributed by atoms with Crippen LogP contribution in [0.2, 0.25) is 0 Å². The normalized spacial score (nSPS) is 10.4. The highest BCUT2D eigenvalue weighted by Crippen LogP contribution is 2.22. The number of carbonyl (C=O) groups is 1. The minimum absolute atomic E-state index is 0.544. The molecule has 2 aromatic carbocycles. The average Bonchev–Trinajstić information content (AvgIpc) is 2.47. The number of nitrogens with zero attached hydrogens (tertiary/aromatic N) is 1. The fraction of sp³-hybridized carbons (Fsp3) is 0. The molecule has 98 valence electrons. The SMILES string of the molecule is O=C(O)Nc1ccc(-c2ccc3ccccc3n2)cc1. The van der Waals surface area contributed by atoms with Crippen molar-refractivity contribution < 1.29 is 9.90 Å². The summed E-state index contributed by atoms with van der Waals surface area (Å²) in [5.74, 6) is 0. The third-order valence-corrected chi connectivity index (χ3v) is 3.03. The van der Waals surface area contributed by atoms with Crippen molar-refractivity contribution in [1.82, 2.24) is 4.98 Å². The third kappa shape index (κ3) is 2.44. The molecule has 0 spiro atoms.